The first-order valence-electron chi connectivity index (χ1n) is 10.4. The van der Waals surface area contributed by atoms with E-state index in [0.717, 1.165) is 16.7 Å². The zero-order valence-corrected chi connectivity index (χ0v) is 19.9. The van der Waals surface area contributed by atoms with Crippen LogP contribution < -0.4 is 19.5 Å². The van der Waals surface area contributed by atoms with Crippen LogP contribution in [0.3, 0.4) is 0 Å². The van der Waals surface area contributed by atoms with Gasteiger partial charge in [0.05, 0.1) is 19.1 Å². The van der Waals surface area contributed by atoms with Gasteiger partial charge in [-0.3, -0.25) is 4.79 Å². The SMILES string of the molecule is COc1ccc(S(=O)(=O)N[C@H](Cc2ccccc2)C(=O)Nc2cc(C)cc(C)c2)cc1OC. The summed E-state index contributed by atoms with van der Waals surface area (Å²) in [6.07, 6.45) is 0.185. The molecule has 0 heterocycles. The molecule has 0 aromatic heterocycles. The van der Waals surface area contributed by atoms with Crippen LogP contribution in [0.25, 0.3) is 0 Å². The number of methoxy groups -OCH3 is 2. The Morgan fingerprint density at radius 3 is 2.12 bits per heavy atom. The molecule has 1 atom stereocenters. The van der Waals surface area contributed by atoms with Gasteiger partial charge in [0.1, 0.15) is 6.04 Å². The monoisotopic (exact) mass is 468 g/mol. The van der Waals surface area contributed by atoms with Crippen LogP contribution in [0, 0.1) is 13.8 Å². The van der Waals surface area contributed by atoms with E-state index in [0.29, 0.717) is 11.4 Å². The maximum absolute atomic E-state index is 13.2. The fraction of sp³-hybridized carbons (Fsp3) is 0.240. The van der Waals surface area contributed by atoms with Crippen LogP contribution in [-0.2, 0) is 21.2 Å². The summed E-state index contributed by atoms with van der Waals surface area (Å²) >= 11 is 0. The van der Waals surface area contributed by atoms with E-state index in [1.165, 1.54) is 32.4 Å². The van der Waals surface area contributed by atoms with Gasteiger partial charge in [0.2, 0.25) is 15.9 Å². The standard InChI is InChI=1S/C25H28N2O5S/c1-17-12-18(2)14-20(13-17)26-25(28)22(15-19-8-6-5-7-9-19)27-33(29,30)21-10-11-23(31-3)24(16-21)32-4/h5-14,16,22,27H,15H2,1-4H3,(H,26,28)/t22-/m1/s1. The van der Waals surface area contributed by atoms with Crippen LogP contribution >= 0.6 is 0 Å². The molecule has 0 spiro atoms. The molecule has 7 nitrogen and oxygen atoms in total. The molecule has 3 aromatic rings. The molecular formula is C25H28N2O5S. The molecule has 0 saturated heterocycles. The van der Waals surface area contributed by atoms with E-state index in [4.69, 9.17) is 9.47 Å². The van der Waals surface area contributed by atoms with Crippen molar-refractivity contribution in [3.8, 4) is 11.5 Å². The molecule has 0 unspecified atom stereocenters. The highest BCUT2D eigenvalue weighted by atomic mass is 32.2. The number of amides is 1. The Kier molecular flexibility index (Phi) is 7.73. The van der Waals surface area contributed by atoms with Gasteiger partial charge in [-0.05, 0) is 61.2 Å². The summed E-state index contributed by atoms with van der Waals surface area (Å²) in [6.45, 7) is 3.87. The molecule has 3 rings (SSSR count). The molecule has 3 aromatic carbocycles. The summed E-state index contributed by atoms with van der Waals surface area (Å²) in [7, 11) is -1.14. The Morgan fingerprint density at radius 2 is 1.52 bits per heavy atom. The lowest BCUT2D eigenvalue weighted by Crippen LogP contribution is -2.45. The van der Waals surface area contributed by atoms with Crippen molar-refractivity contribution in [1.82, 2.24) is 4.72 Å². The predicted molar refractivity (Wildman–Crippen MR) is 128 cm³/mol. The van der Waals surface area contributed by atoms with Crippen molar-refractivity contribution in [2.75, 3.05) is 19.5 Å². The van der Waals surface area contributed by atoms with Crippen LogP contribution in [0.5, 0.6) is 11.5 Å². The molecule has 0 saturated carbocycles. The van der Waals surface area contributed by atoms with Crippen molar-refractivity contribution in [3.05, 3.63) is 83.4 Å². The Bertz CT molecular complexity index is 1210. The van der Waals surface area contributed by atoms with E-state index in [-0.39, 0.29) is 17.1 Å². The van der Waals surface area contributed by atoms with Gasteiger partial charge in [-0.25, -0.2) is 8.42 Å². The number of hydrogen-bond donors (Lipinski definition) is 2. The molecule has 0 fully saturated rings. The van der Waals surface area contributed by atoms with Gasteiger partial charge in [0, 0.05) is 11.8 Å². The second kappa shape index (κ2) is 10.5. The molecule has 2 N–H and O–H groups in total. The van der Waals surface area contributed by atoms with Crippen molar-refractivity contribution in [2.24, 2.45) is 0 Å². The molecule has 1 amide bonds. The molecular weight excluding hydrogens is 440 g/mol. The number of aryl methyl sites for hydroxylation is 2. The van der Waals surface area contributed by atoms with Gasteiger partial charge in [0.15, 0.2) is 11.5 Å². The maximum atomic E-state index is 13.2. The molecule has 0 aliphatic heterocycles. The van der Waals surface area contributed by atoms with Gasteiger partial charge < -0.3 is 14.8 Å². The van der Waals surface area contributed by atoms with Crippen molar-refractivity contribution in [3.63, 3.8) is 0 Å². The molecule has 33 heavy (non-hydrogen) atoms. The first-order valence-corrected chi connectivity index (χ1v) is 11.9. The van der Waals surface area contributed by atoms with Crippen molar-refractivity contribution in [1.29, 1.82) is 0 Å². The third-order valence-corrected chi connectivity index (χ3v) is 6.52. The maximum Gasteiger partial charge on any atom is 0.242 e. The van der Waals surface area contributed by atoms with Gasteiger partial charge >= 0.3 is 0 Å². The molecule has 0 aliphatic carbocycles. The van der Waals surface area contributed by atoms with Crippen LogP contribution in [0.1, 0.15) is 16.7 Å². The fourth-order valence-corrected chi connectivity index (χ4v) is 4.76. The average molecular weight is 469 g/mol. The topological polar surface area (TPSA) is 93.7 Å². The highest BCUT2D eigenvalue weighted by Crippen LogP contribution is 2.29. The number of anilines is 1. The fourth-order valence-electron chi connectivity index (χ4n) is 3.55. The Balaban J connectivity index is 1.91. The third-order valence-electron chi connectivity index (χ3n) is 5.05. The van der Waals surface area contributed by atoms with Gasteiger partial charge in [-0.2, -0.15) is 4.72 Å². The first kappa shape index (κ1) is 24.3. The van der Waals surface area contributed by atoms with E-state index < -0.39 is 22.0 Å². The summed E-state index contributed by atoms with van der Waals surface area (Å²) in [5, 5.41) is 2.85. The summed E-state index contributed by atoms with van der Waals surface area (Å²) in [4.78, 5) is 13.2. The summed E-state index contributed by atoms with van der Waals surface area (Å²) in [5.41, 5.74) is 3.43. The number of sulfonamides is 1. The highest BCUT2D eigenvalue weighted by molar-refractivity contribution is 7.89. The van der Waals surface area contributed by atoms with Gasteiger partial charge in [-0.15, -0.1) is 0 Å². The molecule has 0 radical (unpaired) electrons. The zero-order valence-electron chi connectivity index (χ0n) is 19.1. The minimum absolute atomic E-state index is 0.0302. The van der Waals surface area contributed by atoms with E-state index in [1.54, 1.807) is 0 Å². The van der Waals surface area contributed by atoms with E-state index in [1.807, 2.05) is 62.4 Å². The Hall–Kier alpha value is -3.36. The van der Waals surface area contributed by atoms with Gasteiger partial charge in [0.25, 0.3) is 0 Å². The predicted octanol–water partition coefficient (Wildman–Crippen LogP) is 3.85. The lowest BCUT2D eigenvalue weighted by molar-refractivity contribution is -0.117. The first-order chi connectivity index (χ1) is 15.7. The van der Waals surface area contributed by atoms with Crippen LogP contribution in [-0.4, -0.2) is 34.6 Å². The number of benzene rings is 3. The smallest absolute Gasteiger partial charge is 0.242 e. The quantitative estimate of drug-likeness (QED) is 0.498. The molecule has 174 valence electrons. The highest BCUT2D eigenvalue weighted by Gasteiger charge is 2.27. The Labute approximate surface area is 194 Å². The van der Waals surface area contributed by atoms with Crippen molar-refractivity contribution in [2.45, 2.75) is 31.2 Å². The number of rotatable bonds is 9. The second-order valence-electron chi connectivity index (χ2n) is 7.75. The minimum atomic E-state index is -4.04. The van der Waals surface area contributed by atoms with E-state index in [2.05, 4.69) is 10.0 Å². The largest absolute Gasteiger partial charge is 0.493 e. The lowest BCUT2D eigenvalue weighted by atomic mass is 10.1. The number of carbonyl (C=O) groups is 1. The van der Waals surface area contributed by atoms with Gasteiger partial charge in [-0.1, -0.05) is 36.4 Å². The molecule has 8 heteroatoms. The van der Waals surface area contributed by atoms with Crippen LogP contribution in [0.4, 0.5) is 5.69 Å². The summed E-state index contributed by atoms with van der Waals surface area (Å²) < 4.78 is 39.3. The number of hydrogen-bond acceptors (Lipinski definition) is 5. The molecule has 0 aliphatic rings. The normalized spacial score (nSPS) is 12.1. The summed E-state index contributed by atoms with van der Waals surface area (Å²) in [6, 6.07) is 18.2. The van der Waals surface area contributed by atoms with E-state index >= 15 is 0 Å². The average Bonchev–Trinajstić information content (AvgIpc) is 2.78. The number of carbonyl (C=O) groups excluding carboxylic acids is 1. The second-order valence-corrected chi connectivity index (χ2v) is 9.46. The van der Waals surface area contributed by atoms with Crippen molar-refractivity contribution >= 4 is 21.6 Å². The van der Waals surface area contributed by atoms with Crippen LogP contribution in [0.2, 0.25) is 0 Å². The number of nitrogens with one attached hydrogen (secondary N) is 2. The zero-order chi connectivity index (χ0) is 24.0. The Morgan fingerprint density at radius 1 is 0.879 bits per heavy atom. The summed E-state index contributed by atoms with van der Waals surface area (Å²) in [5.74, 6) is 0.234. The van der Waals surface area contributed by atoms with Crippen LogP contribution in [0.15, 0.2) is 71.6 Å². The third kappa shape index (κ3) is 6.34. The lowest BCUT2D eigenvalue weighted by Gasteiger charge is -2.20. The minimum Gasteiger partial charge on any atom is -0.493 e. The van der Waals surface area contributed by atoms with Crippen molar-refractivity contribution < 1.29 is 22.7 Å². The number of ether oxygens (including phenoxy) is 2. The molecule has 0 bridgehead atoms. The van der Waals surface area contributed by atoms with E-state index in [9.17, 15) is 13.2 Å².